The predicted octanol–water partition coefficient (Wildman–Crippen LogP) is 1.95. The number of aliphatic hydroxyl groups is 1. The van der Waals surface area contributed by atoms with Gasteiger partial charge in [-0.1, -0.05) is 0 Å². The predicted molar refractivity (Wildman–Crippen MR) is 70.6 cm³/mol. The minimum absolute atomic E-state index is 0.0360. The number of halogens is 2. The molecule has 0 aliphatic rings. The van der Waals surface area contributed by atoms with Crippen molar-refractivity contribution in [2.24, 2.45) is 0 Å². The molecule has 5 nitrogen and oxygen atoms in total. The van der Waals surface area contributed by atoms with Crippen molar-refractivity contribution in [1.82, 2.24) is 14.4 Å². The summed E-state index contributed by atoms with van der Waals surface area (Å²) in [4.78, 5) is 8.28. The molecule has 0 amide bonds. The summed E-state index contributed by atoms with van der Waals surface area (Å²) in [6, 6.07) is 2.53. The van der Waals surface area contributed by atoms with Gasteiger partial charge in [-0.3, -0.25) is 4.40 Å². The lowest BCUT2D eigenvalue weighted by Crippen LogP contribution is -2.08. The Hall–Kier alpha value is -2.28. The van der Waals surface area contributed by atoms with Crippen LogP contribution in [0.4, 0.5) is 14.6 Å². The van der Waals surface area contributed by atoms with Gasteiger partial charge in [0, 0.05) is 25.5 Å². The Bertz CT molecular complexity index is 772. The fourth-order valence-corrected chi connectivity index (χ4v) is 2.07. The van der Waals surface area contributed by atoms with Crippen LogP contribution < -0.4 is 5.32 Å². The number of hydrogen-bond acceptors (Lipinski definition) is 4. The number of benzene rings is 1. The van der Waals surface area contributed by atoms with E-state index in [0.717, 1.165) is 6.07 Å². The molecule has 7 heteroatoms. The highest BCUT2D eigenvalue weighted by atomic mass is 19.2. The average Bonchev–Trinajstić information content (AvgIpc) is 2.93. The number of aromatic nitrogens is 3. The van der Waals surface area contributed by atoms with E-state index in [0.29, 0.717) is 29.9 Å². The van der Waals surface area contributed by atoms with Gasteiger partial charge in [-0.05, 0) is 18.6 Å². The Labute approximate surface area is 112 Å². The number of imidazole rings is 1. The van der Waals surface area contributed by atoms with E-state index in [1.807, 2.05) is 0 Å². The highest BCUT2D eigenvalue weighted by Crippen LogP contribution is 2.24. The summed E-state index contributed by atoms with van der Waals surface area (Å²) in [6.45, 7) is 0.503. The molecular formula is C13H12F2N4O. The van der Waals surface area contributed by atoms with Crippen LogP contribution in [0.25, 0.3) is 16.7 Å². The maximum Gasteiger partial charge on any atom is 0.186 e. The zero-order valence-electron chi connectivity index (χ0n) is 10.5. The minimum Gasteiger partial charge on any atom is -0.396 e. The van der Waals surface area contributed by atoms with Crippen LogP contribution in [0.3, 0.4) is 0 Å². The van der Waals surface area contributed by atoms with Crippen molar-refractivity contribution in [2.45, 2.75) is 6.42 Å². The summed E-state index contributed by atoms with van der Waals surface area (Å²) in [7, 11) is 0. The topological polar surface area (TPSA) is 62.5 Å². The Morgan fingerprint density at radius 3 is 2.95 bits per heavy atom. The Kier molecular flexibility index (Phi) is 3.19. The summed E-state index contributed by atoms with van der Waals surface area (Å²) < 4.78 is 28.8. The van der Waals surface area contributed by atoms with Crippen LogP contribution in [0.2, 0.25) is 0 Å². The van der Waals surface area contributed by atoms with Gasteiger partial charge in [-0.2, -0.15) is 0 Å². The van der Waals surface area contributed by atoms with Gasteiger partial charge in [-0.25, -0.2) is 18.7 Å². The maximum absolute atomic E-state index is 13.9. The molecule has 0 fully saturated rings. The van der Waals surface area contributed by atoms with Crippen LogP contribution >= 0.6 is 0 Å². The van der Waals surface area contributed by atoms with Gasteiger partial charge >= 0.3 is 0 Å². The van der Waals surface area contributed by atoms with E-state index in [-0.39, 0.29) is 12.1 Å². The van der Waals surface area contributed by atoms with E-state index in [1.165, 1.54) is 6.07 Å². The molecule has 1 aromatic carbocycles. The molecule has 3 rings (SSSR count). The van der Waals surface area contributed by atoms with Gasteiger partial charge in [0.25, 0.3) is 0 Å². The molecule has 3 aromatic rings. The third-order valence-electron chi connectivity index (χ3n) is 3.01. The zero-order valence-corrected chi connectivity index (χ0v) is 10.5. The van der Waals surface area contributed by atoms with Crippen LogP contribution in [-0.4, -0.2) is 32.6 Å². The lowest BCUT2D eigenvalue weighted by molar-refractivity contribution is 0.292. The molecule has 104 valence electrons. The molecule has 0 aliphatic carbocycles. The molecule has 0 unspecified atom stereocenters. The van der Waals surface area contributed by atoms with E-state index in [2.05, 4.69) is 15.3 Å². The minimum atomic E-state index is -0.983. The molecule has 0 spiro atoms. The summed E-state index contributed by atoms with van der Waals surface area (Å²) in [5.74, 6) is -1.56. The van der Waals surface area contributed by atoms with Crippen molar-refractivity contribution in [3.8, 4) is 0 Å². The van der Waals surface area contributed by atoms with Gasteiger partial charge in [0.2, 0.25) is 0 Å². The number of anilines is 1. The van der Waals surface area contributed by atoms with Crippen molar-refractivity contribution in [2.75, 3.05) is 18.5 Å². The van der Waals surface area contributed by atoms with Crippen LogP contribution in [-0.2, 0) is 0 Å². The van der Waals surface area contributed by atoms with E-state index in [4.69, 9.17) is 5.11 Å². The van der Waals surface area contributed by atoms with Crippen molar-refractivity contribution in [3.63, 3.8) is 0 Å². The summed E-state index contributed by atoms with van der Waals surface area (Å²) >= 11 is 0. The second-order valence-electron chi connectivity index (χ2n) is 4.31. The number of rotatable bonds is 4. The average molecular weight is 278 g/mol. The molecule has 20 heavy (non-hydrogen) atoms. The largest absolute Gasteiger partial charge is 0.396 e. The molecule has 2 N–H and O–H groups in total. The van der Waals surface area contributed by atoms with Crippen LogP contribution in [0.5, 0.6) is 0 Å². The summed E-state index contributed by atoms with van der Waals surface area (Å²) in [5.41, 5.74) is 0.924. The van der Waals surface area contributed by atoms with Crippen molar-refractivity contribution >= 4 is 22.5 Å². The third-order valence-corrected chi connectivity index (χ3v) is 3.01. The van der Waals surface area contributed by atoms with E-state index in [9.17, 15) is 8.78 Å². The first-order valence-corrected chi connectivity index (χ1v) is 6.18. The highest BCUT2D eigenvalue weighted by molar-refractivity contribution is 5.83. The second-order valence-corrected chi connectivity index (χ2v) is 4.31. The van der Waals surface area contributed by atoms with Gasteiger partial charge in [0.15, 0.2) is 23.1 Å². The molecule has 0 radical (unpaired) electrons. The van der Waals surface area contributed by atoms with Crippen molar-refractivity contribution < 1.29 is 13.9 Å². The Morgan fingerprint density at radius 1 is 1.30 bits per heavy atom. The normalized spacial score (nSPS) is 11.3. The smallest absolute Gasteiger partial charge is 0.186 e. The number of aliphatic hydroxyl groups excluding tert-OH is 1. The number of hydrogen-bond donors (Lipinski definition) is 2. The first-order valence-electron chi connectivity index (χ1n) is 6.18. The first-order chi connectivity index (χ1) is 9.72. The number of fused-ring (bicyclic) bond motifs is 3. The van der Waals surface area contributed by atoms with Gasteiger partial charge in [-0.15, -0.1) is 0 Å². The van der Waals surface area contributed by atoms with E-state index in [1.54, 1.807) is 16.8 Å². The summed E-state index contributed by atoms with van der Waals surface area (Å²) in [5, 5.41) is 11.7. The fourth-order valence-electron chi connectivity index (χ4n) is 2.07. The summed E-state index contributed by atoms with van der Waals surface area (Å²) in [6.07, 6.45) is 3.75. The maximum atomic E-state index is 13.9. The lowest BCUT2D eigenvalue weighted by Gasteiger charge is -2.09. The number of nitrogens with zero attached hydrogens (tertiary/aromatic N) is 3. The van der Waals surface area contributed by atoms with Crippen LogP contribution in [0, 0.1) is 11.6 Å². The fraction of sp³-hybridized carbons (Fsp3) is 0.231. The van der Waals surface area contributed by atoms with Gasteiger partial charge < -0.3 is 10.4 Å². The Morgan fingerprint density at radius 2 is 2.15 bits per heavy atom. The Balaban J connectivity index is 2.22. The van der Waals surface area contributed by atoms with Crippen LogP contribution in [0.15, 0.2) is 24.5 Å². The number of nitrogens with one attached hydrogen (secondary N) is 1. The van der Waals surface area contributed by atoms with E-state index < -0.39 is 11.6 Å². The molecule has 0 atom stereocenters. The van der Waals surface area contributed by atoms with Crippen molar-refractivity contribution in [3.05, 3.63) is 36.2 Å². The van der Waals surface area contributed by atoms with Gasteiger partial charge in [0.1, 0.15) is 5.52 Å². The molecule has 0 aliphatic heterocycles. The monoisotopic (exact) mass is 278 g/mol. The quantitative estimate of drug-likeness (QED) is 0.716. The van der Waals surface area contributed by atoms with Crippen LogP contribution in [0.1, 0.15) is 6.42 Å². The second kappa shape index (κ2) is 5.01. The molecule has 0 saturated carbocycles. The van der Waals surface area contributed by atoms with Gasteiger partial charge in [0.05, 0.1) is 5.52 Å². The lowest BCUT2D eigenvalue weighted by atomic mass is 10.2. The molecule has 0 saturated heterocycles. The zero-order chi connectivity index (χ0) is 14.1. The molecule has 0 bridgehead atoms. The standard InChI is InChI=1S/C13H12F2N4O/c14-8-2-3-9-11(10(8)15)18-12(16-4-1-7-20)13-17-5-6-19(9)13/h2-3,5-6,20H,1,4,7H2,(H,16,18). The SMILES string of the molecule is OCCCNc1nc2c(F)c(F)ccc2n2ccnc12. The van der Waals surface area contributed by atoms with E-state index >= 15 is 0 Å². The van der Waals surface area contributed by atoms with Crippen molar-refractivity contribution in [1.29, 1.82) is 0 Å². The first kappa shape index (κ1) is 12.7. The third kappa shape index (κ3) is 1.96. The molecule has 2 heterocycles. The highest BCUT2D eigenvalue weighted by Gasteiger charge is 2.14. The molecular weight excluding hydrogens is 266 g/mol. The molecule has 2 aromatic heterocycles.